The standard InChI is InChI=1S/C17H19NO2S/c1-13-4-2-3-5-16(13)18-17(20)12-21-11-15-8-6-14(10-19)7-9-15/h2-9,19H,10-12H2,1H3,(H,18,20). The molecule has 0 unspecified atom stereocenters. The van der Waals surface area contributed by atoms with Gasteiger partial charge in [-0.15, -0.1) is 11.8 Å². The van der Waals surface area contributed by atoms with Gasteiger partial charge >= 0.3 is 0 Å². The summed E-state index contributed by atoms with van der Waals surface area (Å²) >= 11 is 1.58. The van der Waals surface area contributed by atoms with Gasteiger partial charge in [0.15, 0.2) is 0 Å². The number of thioether (sulfide) groups is 1. The molecule has 0 saturated heterocycles. The SMILES string of the molecule is Cc1ccccc1NC(=O)CSCc1ccc(CO)cc1. The maximum Gasteiger partial charge on any atom is 0.234 e. The average molecular weight is 301 g/mol. The number of carbonyl (C=O) groups is 1. The quantitative estimate of drug-likeness (QED) is 0.860. The van der Waals surface area contributed by atoms with E-state index >= 15 is 0 Å². The number of carbonyl (C=O) groups excluding carboxylic acids is 1. The van der Waals surface area contributed by atoms with Crippen LogP contribution in [0.25, 0.3) is 0 Å². The van der Waals surface area contributed by atoms with Crippen LogP contribution in [0.2, 0.25) is 0 Å². The number of aliphatic hydroxyl groups excluding tert-OH is 1. The van der Waals surface area contributed by atoms with Crippen LogP contribution in [0.4, 0.5) is 5.69 Å². The molecule has 2 aromatic rings. The maximum absolute atomic E-state index is 11.9. The van der Waals surface area contributed by atoms with Crippen molar-refractivity contribution in [2.24, 2.45) is 0 Å². The van der Waals surface area contributed by atoms with Gasteiger partial charge in [0.05, 0.1) is 12.4 Å². The number of nitrogens with one attached hydrogen (secondary N) is 1. The number of anilines is 1. The molecule has 0 fully saturated rings. The molecule has 0 spiro atoms. The van der Waals surface area contributed by atoms with Crippen molar-refractivity contribution in [3.63, 3.8) is 0 Å². The Hall–Kier alpha value is -1.78. The van der Waals surface area contributed by atoms with Gasteiger partial charge in [0, 0.05) is 11.4 Å². The van der Waals surface area contributed by atoms with E-state index < -0.39 is 0 Å². The molecule has 0 atom stereocenters. The lowest BCUT2D eigenvalue weighted by Gasteiger charge is -2.08. The van der Waals surface area contributed by atoms with Gasteiger partial charge in [-0.2, -0.15) is 0 Å². The smallest absolute Gasteiger partial charge is 0.234 e. The van der Waals surface area contributed by atoms with E-state index in [2.05, 4.69) is 5.32 Å². The summed E-state index contributed by atoms with van der Waals surface area (Å²) in [7, 11) is 0. The third-order valence-corrected chi connectivity index (χ3v) is 4.13. The summed E-state index contributed by atoms with van der Waals surface area (Å²) < 4.78 is 0. The lowest BCUT2D eigenvalue weighted by molar-refractivity contribution is -0.113. The first-order valence-electron chi connectivity index (χ1n) is 6.81. The Morgan fingerprint density at radius 3 is 2.43 bits per heavy atom. The van der Waals surface area contributed by atoms with Gasteiger partial charge in [0.2, 0.25) is 5.91 Å². The molecule has 0 aliphatic carbocycles. The van der Waals surface area contributed by atoms with E-state index in [0.29, 0.717) is 5.75 Å². The molecule has 0 aromatic heterocycles. The van der Waals surface area contributed by atoms with Crippen molar-refractivity contribution >= 4 is 23.4 Å². The van der Waals surface area contributed by atoms with Gasteiger partial charge in [-0.05, 0) is 29.7 Å². The molecule has 0 saturated carbocycles. The fourth-order valence-electron chi connectivity index (χ4n) is 1.90. The third kappa shape index (κ3) is 4.92. The molecular formula is C17H19NO2S. The second kappa shape index (κ2) is 7.86. The van der Waals surface area contributed by atoms with Crippen molar-refractivity contribution in [1.29, 1.82) is 0 Å². The highest BCUT2D eigenvalue weighted by molar-refractivity contribution is 7.99. The van der Waals surface area contributed by atoms with E-state index in [1.807, 2.05) is 55.5 Å². The number of hydrogen-bond donors (Lipinski definition) is 2. The minimum atomic E-state index is 0.0151. The van der Waals surface area contributed by atoms with Crippen LogP contribution in [-0.2, 0) is 17.2 Å². The third-order valence-electron chi connectivity index (χ3n) is 3.13. The van der Waals surface area contributed by atoms with Crippen molar-refractivity contribution in [1.82, 2.24) is 0 Å². The summed E-state index contributed by atoms with van der Waals surface area (Å²) in [4.78, 5) is 11.9. The maximum atomic E-state index is 11.9. The molecule has 21 heavy (non-hydrogen) atoms. The van der Waals surface area contributed by atoms with Gasteiger partial charge in [-0.3, -0.25) is 4.79 Å². The second-order valence-electron chi connectivity index (χ2n) is 4.83. The summed E-state index contributed by atoms with van der Waals surface area (Å²) in [6.07, 6.45) is 0. The Morgan fingerprint density at radius 1 is 1.10 bits per heavy atom. The number of hydrogen-bond acceptors (Lipinski definition) is 3. The fourth-order valence-corrected chi connectivity index (χ4v) is 2.69. The topological polar surface area (TPSA) is 49.3 Å². The van der Waals surface area contributed by atoms with E-state index in [1.165, 1.54) is 0 Å². The van der Waals surface area contributed by atoms with Crippen molar-refractivity contribution in [3.8, 4) is 0 Å². The van der Waals surface area contributed by atoms with Crippen LogP contribution in [0, 0.1) is 6.92 Å². The van der Waals surface area contributed by atoms with E-state index in [9.17, 15) is 4.79 Å². The Kier molecular flexibility index (Phi) is 5.84. The zero-order valence-electron chi connectivity index (χ0n) is 12.0. The molecule has 1 amide bonds. The monoisotopic (exact) mass is 301 g/mol. The number of para-hydroxylation sites is 1. The zero-order valence-corrected chi connectivity index (χ0v) is 12.8. The van der Waals surface area contributed by atoms with Crippen LogP contribution in [0.3, 0.4) is 0 Å². The number of benzene rings is 2. The van der Waals surface area contributed by atoms with Crippen LogP contribution in [-0.4, -0.2) is 16.8 Å². The Morgan fingerprint density at radius 2 is 1.76 bits per heavy atom. The van der Waals surface area contributed by atoms with E-state index in [0.717, 1.165) is 28.1 Å². The molecule has 110 valence electrons. The van der Waals surface area contributed by atoms with Crippen LogP contribution < -0.4 is 5.32 Å². The predicted octanol–water partition coefficient (Wildman–Crippen LogP) is 3.36. The summed E-state index contributed by atoms with van der Waals surface area (Å²) in [6.45, 7) is 2.04. The molecule has 0 bridgehead atoms. The van der Waals surface area contributed by atoms with Crippen molar-refractivity contribution in [3.05, 3.63) is 65.2 Å². The van der Waals surface area contributed by atoms with E-state index in [1.54, 1.807) is 11.8 Å². The summed E-state index contributed by atoms with van der Waals surface area (Å²) in [5.41, 5.74) is 3.99. The zero-order chi connectivity index (χ0) is 15.1. The Bertz CT molecular complexity index is 596. The van der Waals surface area contributed by atoms with Gasteiger partial charge in [0.1, 0.15) is 0 Å². The van der Waals surface area contributed by atoms with Crippen LogP contribution >= 0.6 is 11.8 Å². The molecule has 0 heterocycles. The van der Waals surface area contributed by atoms with Gasteiger partial charge < -0.3 is 10.4 Å². The van der Waals surface area contributed by atoms with Crippen LogP contribution in [0.5, 0.6) is 0 Å². The van der Waals surface area contributed by atoms with Crippen molar-refractivity contribution in [2.45, 2.75) is 19.3 Å². The van der Waals surface area contributed by atoms with E-state index in [-0.39, 0.29) is 12.5 Å². The predicted molar refractivity (Wildman–Crippen MR) is 88.3 cm³/mol. The Labute approximate surface area is 129 Å². The first kappa shape index (κ1) is 15.6. The van der Waals surface area contributed by atoms with Gasteiger partial charge in [-0.1, -0.05) is 42.5 Å². The summed E-state index contributed by atoms with van der Waals surface area (Å²) in [5, 5.41) is 11.9. The van der Waals surface area contributed by atoms with Crippen molar-refractivity contribution < 1.29 is 9.90 Å². The van der Waals surface area contributed by atoms with Gasteiger partial charge in [-0.25, -0.2) is 0 Å². The average Bonchev–Trinajstić information content (AvgIpc) is 2.50. The summed E-state index contributed by atoms with van der Waals surface area (Å²) in [6, 6.07) is 15.5. The lowest BCUT2D eigenvalue weighted by atomic mass is 10.2. The van der Waals surface area contributed by atoms with E-state index in [4.69, 9.17) is 5.11 Å². The fraction of sp³-hybridized carbons (Fsp3) is 0.235. The van der Waals surface area contributed by atoms with Gasteiger partial charge in [0.25, 0.3) is 0 Å². The normalized spacial score (nSPS) is 10.4. The first-order chi connectivity index (χ1) is 10.2. The molecular weight excluding hydrogens is 282 g/mol. The molecule has 0 aliphatic rings. The minimum Gasteiger partial charge on any atom is -0.392 e. The molecule has 0 radical (unpaired) electrons. The minimum absolute atomic E-state index is 0.0151. The molecule has 0 aliphatic heterocycles. The number of rotatable bonds is 6. The molecule has 4 heteroatoms. The number of aryl methyl sites for hydroxylation is 1. The Balaban J connectivity index is 1.77. The van der Waals surface area contributed by atoms with Crippen molar-refractivity contribution in [2.75, 3.05) is 11.1 Å². The number of aliphatic hydroxyl groups is 1. The highest BCUT2D eigenvalue weighted by Crippen LogP contribution is 2.16. The molecule has 2 N–H and O–H groups in total. The number of amides is 1. The lowest BCUT2D eigenvalue weighted by Crippen LogP contribution is -2.14. The largest absolute Gasteiger partial charge is 0.392 e. The molecule has 3 nitrogen and oxygen atoms in total. The van der Waals surface area contributed by atoms with Crippen LogP contribution in [0.1, 0.15) is 16.7 Å². The van der Waals surface area contributed by atoms with Crippen LogP contribution in [0.15, 0.2) is 48.5 Å². The second-order valence-corrected chi connectivity index (χ2v) is 5.82. The molecule has 2 aromatic carbocycles. The molecule has 2 rings (SSSR count). The highest BCUT2D eigenvalue weighted by atomic mass is 32.2. The summed E-state index contributed by atoms with van der Waals surface area (Å²) in [5.74, 6) is 1.23. The highest BCUT2D eigenvalue weighted by Gasteiger charge is 2.04. The first-order valence-corrected chi connectivity index (χ1v) is 7.96.